The summed E-state index contributed by atoms with van der Waals surface area (Å²) in [5, 5.41) is 0. The largest absolute Gasteiger partial charge is 0.423 e. The van der Waals surface area contributed by atoms with Gasteiger partial charge < -0.3 is 9.32 Å². The third-order valence-electron chi connectivity index (χ3n) is 3.49. The van der Waals surface area contributed by atoms with Gasteiger partial charge in [0.2, 0.25) is 0 Å². The number of hydrogen-bond donors (Lipinski definition) is 0. The van der Waals surface area contributed by atoms with Gasteiger partial charge in [-0.15, -0.1) is 0 Å². The van der Waals surface area contributed by atoms with E-state index in [2.05, 4.69) is 9.88 Å². The van der Waals surface area contributed by atoms with Crippen LogP contribution in [0.15, 0.2) is 28.7 Å². The van der Waals surface area contributed by atoms with Crippen molar-refractivity contribution in [1.82, 2.24) is 4.98 Å². The van der Waals surface area contributed by atoms with E-state index in [1.54, 1.807) is 0 Å². The first-order valence-corrected chi connectivity index (χ1v) is 7.66. The molecule has 0 radical (unpaired) electrons. The average molecular weight is 264 g/mol. The number of para-hydroxylation sites is 2. The van der Waals surface area contributed by atoms with Crippen molar-refractivity contribution in [3.8, 4) is 0 Å². The topological polar surface area (TPSA) is 46.3 Å². The zero-order valence-electron chi connectivity index (χ0n) is 10.3. The Bertz CT molecular complexity index is 538. The number of fused-ring (bicyclic) bond motifs is 1. The predicted molar refractivity (Wildman–Crippen MR) is 73.3 cm³/mol. The van der Waals surface area contributed by atoms with Crippen molar-refractivity contribution in [2.45, 2.75) is 18.9 Å². The standard InChI is InChI=1S/C13H16N2O2S/c1-15(10-6-8-18(16)9-7-10)13-14-11-4-2-3-5-12(11)17-13/h2-5,10H,6-9H2,1H3. The molecule has 18 heavy (non-hydrogen) atoms. The van der Waals surface area contributed by atoms with Crippen LogP contribution in [0.3, 0.4) is 0 Å². The van der Waals surface area contributed by atoms with Gasteiger partial charge in [-0.05, 0) is 25.0 Å². The molecule has 1 fully saturated rings. The number of anilines is 1. The molecule has 1 aromatic carbocycles. The molecule has 5 heteroatoms. The van der Waals surface area contributed by atoms with Gasteiger partial charge in [0.1, 0.15) is 5.52 Å². The van der Waals surface area contributed by atoms with E-state index >= 15 is 0 Å². The fourth-order valence-electron chi connectivity index (χ4n) is 2.34. The van der Waals surface area contributed by atoms with Crippen LogP contribution in [0.4, 0.5) is 6.01 Å². The fraction of sp³-hybridized carbons (Fsp3) is 0.462. The van der Waals surface area contributed by atoms with E-state index in [0.29, 0.717) is 12.1 Å². The molecule has 4 nitrogen and oxygen atoms in total. The number of oxazole rings is 1. The van der Waals surface area contributed by atoms with E-state index < -0.39 is 10.8 Å². The first-order chi connectivity index (χ1) is 8.74. The normalized spacial score (nSPS) is 24.3. The van der Waals surface area contributed by atoms with Gasteiger partial charge in [0.15, 0.2) is 5.58 Å². The highest BCUT2D eigenvalue weighted by atomic mass is 32.2. The molecule has 1 aliphatic rings. The smallest absolute Gasteiger partial charge is 0.298 e. The molecule has 0 aliphatic carbocycles. The molecule has 0 atom stereocenters. The van der Waals surface area contributed by atoms with Gasteiger partial charge in [0.05, 0.1) is 0 Å². The number of rotatable bonds is 2. The van der Waals surface area contributed by atoms with Crippen LogP contribution in [0.2, 0.25) is 0 Å². The molecule has 0 amide bonds. The maximum absolute atomic E-state index is 11.4. The summed E-state index contributed by atoms with van der Waals surface area (Å²) < 4.78 is 17.1. The summed E-state index contributed by atoms with van der Waals surface area (Å²) in [7, 11) is 1.38. The lowest BCUT2D eigenvalue weighted by atomic mass is 10.1. The van der Waals surface area contributed by atoms with Crippen molar-refractivity contribution in [1.29, 1.82) is 0 Å². The second-order valence-corrected chi connectivity index (χ2v) is 6.35. The van der Waals surface area contributed by atoms with E-state index in [0.717, 1.165) is 35.4 Å². The summed E-state index contributed by atoms with van der Waals surface area (Å²) in [6.07, 6.45) is 1.89. The molecule has 0 spiro atoms. The lowest BCUT2D eigenvalue weighted by Gasteiger charge is -2.29. The van der Waals surface area contributed by atoms with Gasteiger partial charge >= 0.3 is 0 Å². The van der Waals surface area contributed by atoms with Crippen molar-refractivity contribution in [2.75, 3.05) is 23.5 Å². The molecule has 0 N–H and O–H groups in total. The quantitative estimate of drug-likeness (QED) is 0.834. The SMILES string of the molecule is CN(c1nc2ccccc2o1)C1CCS(=O)CC1. The van der Waals surface area contributed by atoms with E-state index in [4.69, 9.17) is 4.42 Å². The van der Waals surface area contributed by atoms with Crippen LogP contribution in [0.5, 0.6) is 0 Å². The minimum absolute atomic E-state index is 0.385. The molecule has 1 saturated heterocycles. The molecule has 3 rings (SSSR count). The summed E-state index contributed by atoms with van der Waals surface area (Å²) in [5.74, 6) is 1.57. The summed E-state index contributed by atoms with van der Waals surface area (Å²) >= 11 is 0. The molecular formula is C13H16N2O2S. The fourth-order valence-corrected chi connectivity index (χ4v) is 3.61. The zero-order chi connectivity index (χ0) is 12.5. The predicted octanol–water partition coefficient (Wildman–Crippen LogP) is 2.18. The average Bonchev–Trinajstić information content (AvgIpc) is 2.82. The molecule has 0 saturated carbocycles. The summed E-state index contributed by atoms with van der Waals surface area (Å²) in [6.45, 7) is 0. The van der Waals surface area contributed by atoms with Gasteiger partial charge in [0.25, 0.3) is 6.01 Å². The van der Waals surface area contributed by atoms with E-state index in [1.807, 2.05) is 31.3 Å². The molecule has 2 heterocycles. The summed E-state index contributed by atoms with van der Waals surface area (Å²) in [5.41, 5.74) is 1.71. The van der Waals surface area contributed by atoms with Gasteiger partial charge in [0, 0.05) is 35.4 Å². The first kappa shape index (κ1) is 11.7. The monoisotopic (exact) mass is 264 g/mol. The van der Waals surface area contributed by atoms with Gasteiger partial charge in [-0.25, -0.2) is 0 Å². The van der Waals surface area contributed by atoms with Crippen LogP contribution in [0.1, 0.15) is 12.8 Å². The summed E-state index contributed by atoms with van der Waals surface area (Å²) in [6, 6.07) is 8.82. The molecule has 1 aliphatic heterocycles. The van der Waals surface area contributed by atoms with Crippen molar-refractivity contribution < 1.29 is 8.63 Å². The Labute approximate surface area is 108 Å². The van der Waals surface area contributed by atoms with E-state index in [1.165, 1.54) is 0 Å². The maximum atomic E-state index is 11.4. The third-order valence-corrected chi connectivity index (χ3v) is 4.87. The van der Waals surface area contributed by atoms with E-state index in [9.17, 15) is 4.21 Å². The van der Waals surface area contributed by atoms with Crippen LogP contribution in [-0.2, 0) is 10.8 Å². The lowest BCUT2D eigenvalue weighted by molar-refractivity contribution is 0.507. The second-order valence-electron chi connectivity index (χ2n) is 4.65. The highest BCUT2D eigenvalue weighted by Crippen LogP contribution is 2.25. The second kappa shape index (κ2) is 4.72. The minimum atomic E-state index is -0.626. The Morgan fingerprint density at radius 3 is 2.78 bits per heavy atom. The van der Waals surface area contributed by atoms with Crippen molar-refractivity contribution >= 4 is 27.9 Å². The molecular weight excluding hydrogens is 248 g/mol. The molecule has 0 bridgehead atoms. The number of nitrogens with zero attached hydrogens (tertiary/aromatic N) is 2. The first-order valence-electron chi connectivity index (χ1n) is 6.17. The molecule has 1 aromatic heterocycles. The maximum Gasteiger partial charge on any atom is 0.298 e. The zero-order valence-corrected chi connectivity index (χ0v) is 11.2. The van der Waals surface area contributed by atoms with Gasteiger partial charge in [-0.1, -0.05) is 12.1 Å². The number of benzene rings is 1. The number of aromatic nitrogens is 1. The summed E-state index contributed by atoms with van der Waals surface area (Å²) in [4.78, 5) is 6.57. The van der Waals surface area contributed by atoms with E-state index in [-0.39, 0.29) is 0 Å². The van der Waals surface area contributed by atoms with Crippen LogP contribution in [0.25, 0.3) is 11.1 Å². The highest BCUT2D eigenvalue weighted by Gasteiger charge is 2.24. The Morgan fingerprint density at radius 2 is 2.06 bits per heavy atom. The van der Waals surface area contributed by atoms with Gasteiger partial charge in [-0.3, -0.25) is 4.21 Å². The Morgan fingerprint density at radius 1 is 1.33 bits per heavy atom. The van der Waals surface area contributed by atoms with Crippen molar-refractivity contribution in [3.63, 3.8) is 0 Å². The third kappa shape index (κ3) is 2.14. The molecule has 2 aromatic rings. The number of hydrogen-bond acceptors (Lipinski definition) is 4. The van der Waals surface area contributed by atoms with Crippen molar-refractivity contribution in [2.24, 2.45) is 0 Å². The van der Waals surface area contributed by atoms with Crippen LogP contribution in [0, 0.1) is 0 Å². The highest BCUT2D eigenvalue weighted by molar-refractivity contribution is 7.85. The van der Waals surface area contributed by atoms with Crippen LogP contribution >= 0.6 is 0 Å². The molecule has 96 valence electrons. The lowest BCUT2D eigenvalue weighted by Crippen LogP contribution is -2.37. The Kier molecular flexibility index (Phi) is 3.07. The van der Waals surface area contributed by atoms with Crippen molar-refractivity contribution in [3.05, 3.63) is 24.3 Å². The Hall–Kier alpha value is -1.36. The van der Waals surface area contributed by atoms with Crippen LogP contribution < -0.4 is 4.90 Å². The molecule has 0 unspecified atom stereocenters. The van der Waals surface area contributed by atoms with Crippen LogP contribution in [-0.4, -0.2) is 33.8 Å². The van der Waals surface area contributed by atoms with Gasteiger partial charge in [-0.2, -0.15) is 4.98 Å². The Balaban J connectivity index is 1.83. The minimum Gasteiger partial charge on any atom is -0.423 e.